The molecule has 3 atom stereocenters. The Morgan fingerprint density at radius 2 is 1.60 bits per heavy atom. The van der Waals surface area contributed by atoms with Crippen LogP contribution in [0.1, 0.15) is 34.5 Å². The quantitative estimate of drug-likeness (QED) is 0.182. The number of amides is 4. The van der Waals surface area contributed by atoms with E-state index in [1.165, 1.54) is 24.3 Å². The van der Waals surface area contributed by atoms with Gasteiger partial charge in [0.05, 0.1) is 11.6 Å². The fraction of sp³-hybridized carbons (Fsp3) is 0.235. The molecule has 4 amide bonds. The largest absolute Gasteiger partial charge is 0.356 e. The molecule has 0 saturated carbocycles. The molecule has 10 nitrogen and oxygen atoms in total. The maximum Gasteiger partial charge on any atom is 0.289 e. The molecule has 1 aliphatic rings. The number of ketones is 1. The Morgan fingerprint density at radius 1 is 0.867 bits per heavy atom. The van der Waals surface area contributed by atoms with Gasteiger partial charge in [0.25, 0.3) is 11.8 Å². The van der Waals surface area contributed by atoms with Crippen LogP contribution in [0.3, 0.4) is 0 Å². The van der Waals surface area contributed by atoms with E-state index >= 15 is 0 Å². The number of nitrogens with zero attached hydrogens (tertiary/aromatic N) is 1. The minimum Gasteiger partial charge on any atom is -0.356 e. The van der Waals surface area contributed by atoms with E-state index in [1.807, 2.05) is 18.2 Å². The lowest BCUT2D eigenvalue weighted by molar-refractivity contribution is -0.141. The smallest absolute Gasteiger partial charge is 0.289 e. The maximum atomic E-state index is 14.7. The van der Waals surface area contributed by atoms with Crippen molar-refractivity contribution in [2.24, 2.45) is 5.92 Å². The molecule has 0 spiro atoms. The number of benzene rings is 3. The monoisotopic (exact) mass is 609 g/mol. The van der Waals surface area contributed by atoms with Crippen molar-refractivity contribution in [3.8, 4) is 0 Å². The average Bonchev–Trinajstić information content (AvgIpc) is 3.47. The molecular formula is C34H32FN5O5. The van der Waals surface area contributed by atoms with Crippen LogP contribution in [-0.4, -0.2) is 53.0 Å². The van der Waals surface area contributed by atoms with Crippen molar-refractivity contribution in [3.63, 3.8) is 0 Å². The highest BCUT2D eigenvalue weighted by Crippen LogP contribution is 2.18. The first kappa shape index (κ1) is 31.0. The standard InChI is InChI=1S/C34H32FN5O5/c35-25-12-6-4-11-23(25)18-29(40-32(43)27-15-14-22-10-5-7-13-26(22)38-27)33(44)39-28(19-24-16-17-36-31(24)42)30(41)34(45)37-20-21-8-2-1-3-9-21/h1-15,24,28-29H,16-20H2,(H,36,42)(H,37,45)(H,39,44)(H,40,43)/t24-,28-,29-/m0/s1. The van der Waals surface area contributed by atoms with E-state index in [9.17, 15) is 28.4 Å². The van der Waals surface area contributed by atoms with Gasteiger partial charge in [0.1, 0.15) is 17.6 Å². The summed E-state index contributed by atoms with van der Waals surface area (Å²) in [7, 11) is 0. The molecule has 2 heterocycles. The number of halogens is 1. The molecule has 230 valence electrons. The van der Waals surface area contributed by atoms with Crippen molar-refractivity contribution < 1.29 is 28.4 Å². The lowest BCUT2D eigenvalue weighted by atomic mass is 9.94. The number of carbonyl (C=O) groups is 5. The SMILES string of the molecule is O=C(NCc1ccccc1)C(=O)[C@H](C[C@@H]1CCNC1=O)NC(=O)[C@H](Cc1ccccc1F)NC(=O)c1ccc2ccccc2n1. The number of Topliss-reactive ketones (excluding diaryl/α,β-unsaturated/α-hetero) is 1. The van der Waals surface area contributed by atoms with Crippen LogP contribution in [0.25, 0.3) is 10.9 Å². The third-order valence-corrected chi connectivity index (χ3v) is 7.67. The summed E-state index contributed by atoms with van der Waals surface area (Å²) in [4.78, 5) is 70.1. The molecule has 4 N–H and O–H groups in total. The summed E-state index contributed by atoms with van der Waals surface area (Å²) < 4.78 is 14.7. The minimum atomic E-state index is -1.37. The number of hydrogen-bond acceptors (Lipinski definition) is 6. The predicted octanol–water partition coefficient (Wildman–Crippen LogP) is 2.61. The zero-order valence-electron chi connectivity index (χ0n) is 24.3. The summed E-state index contributed by atoms with van der Waals surface area (Å²) in [6.45, 7) is 0.490. The fourth-order valence-corrected chi connectivity index (χ4v) is 5.20. The highest BCUT2D eigenvalue weighted by Gasteiger charge is 2.36. The van der Waals surface area contributed by atoms with E-state index in [-0.39, 0.29) is 36.6 Å². The van der Waals surface area contributed by atoms with E-state index in [2.05, 4.69) is 26.3 Å². The number of aromatic nitrogens is 1. The Morgan fingerprint density at radius 3 is 2.36 bits per heavy atom. The topological polar surface area (TPSA) is 146 Å². The van der Waals surface area contributed by atoms with Crippen molar-refractivity contribution in [3.05, 3.63) is 114 Å². The van der Waals surface area contributed by atoms with Crippen LogP contribution in [-0.2, 0) is 32.1 Å². The third-order valence-electron chi connectivity index (χ3n) is 7.67. The van der Waals surface area contributed by atoms with Crippen LogP contribution in [0, 0.1) is 11.7 Å². The van der Waals surface area contributed by atoms with Crippen LogP contribution >= 0.6 is 0 Å². The molecular weight excluding hydrogens is 577 g/mol. The van der Waals surface area contributed by atoms with Crippen LogP contribution < -0.4 is 21.3 Å². The number of pyridine rings is 1. The number of hydrogen-bond donors (Lipinski definition) is 4. The molecule has 3 aromatic carbocycles. The number of nitrogens with one attached hydrogen (secondary N) is 4. The molecule has 1 saturated heterocycles. The van der Waals surface area contributed by atoms with Crippen LogP contribution in [0.2, 0.25) is 0 Å². The summed E-state index contributed by atoms with van der Waals surface area (Å²) in [5, 5.41) is 11.3. The first-order valence-corrected chi connectivity index (χ1v) is 14.6. The van der Waals surface area contributed by atoms with E-state index in [4.69, 9.17) is 0 Å². The third kappa shape index (κ3) is 7.94. The Balaban J connectivity index is 1.37. The highest BCUT2D eigenvalue weighted by molar-refractivity contribution is 6.38. The minimum absolute atomic E-state index is 0.0376. The molecule has 11 heteroatoms. The van der Waals surface area contributed by atoms with Gasteiger partial charge in [-0.25, -0.2) is 9.37 Å². The molecule has 0 aliphatic carbocycles. The molecule has 1 aromatic heterocycles. The normalized spacial score (nSPS) is 15.5. The van der Waals surface area contributed by atoms with Gasteiger partial charge in [0.2, 0.25) is 17.6 Å². The zero-order valence-corrected chi connectivity index (χ0v) is 24.3. The van der Waals surface area contributed by atoms with Gasteiger partial charge in [0.15, 0.2) is 0 Å². The summed E-state index contributed by atoms with van der Waals surface area (Å²) in [6, 6.07) is 22.5. The van der Waals surface area contributed by atoms with E-state index < -0.39 is 47.3 Å². The Labute approximate surface area is 258 Å². The van der Waals surface area contributed by atoms with Gasteiger partial charge in [-0.2, -0.15) is 0 Å². The number of rotatable bonds is 12. The van der Waals surface area contributed by atoms with Gasteiger partial charge in [-0.1, -0.05) is 72.8 Å². The molecule has 1 fully saturated rings. The van der Waals surface area contributed by atoms with Crippen molar-refractivity contribution in [1.29, 1.82) is 0 Å². The molecule has 4 aromatic rings. The predicted molar refractivity (Wildman–Crippen MR) is 164 cm³/mol. The average molecular weight is 610 g/mol. The zero-order chi connectivity index (χ0) is 31.8. The highest BCUT2D eigenvalue weighted by atomic mass is 19.1. The number of para-hydroxylation sites is 1. The molecule has 0 radical (unpaired) electrons. The first-order chi connectivity index (χ1) is 21.8. The first-order valence-electron chi connectivity index (χ1n) is 14.6. The Hall–Kier alpha value is -5.45. The second-order valence-corrected chi connectivity index (χ2v) is 10.8. The summed E-state index contributed by atoms with van der Waals surface area (Å²) in [6.07, 6.45) is 0.0533. The summed E-state index contributed by atoms with van der Waals surface area (Å²) in [5.41, 5.74) is 1.53. The lowest BCUT2D eigenvalue weighted by Crippen LogP contribution is -2.55. The summed E-state index contributed by atoms with van der Waals surface area (Å²) >= 11 is 0. The second-order valence-electron chi connectivity index (χ2n) is 10.8. The Kier molecular flexibility index (Phi) is 9.88. The van der Waals surface area contributed by atoms with Gasteiger partial charge in [-0.15, -0.1) is 0 Å². The molecule has 1 aliphatic heterocycles. The van der Waals surface area contributed by atoms with Crippen LogP contribution in [0.4, 0.5) is 4.39 Å². The summed E-state index contributed by atoms with van der Waals surface area (Å²) in [5.74, 6) is -4.85. The lowest BCUT2D eigenvalue weighted by Gasteiger charge is -2.24. The van der Waals surface area contributed by atoms with Crippen molar-refractivity contribution >= 4 is 40.3 Å². The number of carbonyl (C=O) groups excluding carboxylic acids is 5. The van der Waals surface area contributed by atoms with Crippen LogP contribution in [0.5, 0.6) is 0 Å². The Bertz CT molecular complexity index is 1730. The van der Waals surface area contributed by atoms with E-state index in [0.717, 1.165) is 10.9 Å². The van der Waals surface area contributed by atoms with Gasteiger partial charge in [-0.3, -0.25) is 24.0 Å². The molecule has 0 unspecified atom stereocenters. The van der Waals surface area contributed by atoms with E-state index in [0.29, 0.717) is 18.5 Å². The van der Waals surface area contributed by atoms with Crippen molar-refractivity contribution in [2.75, 3.05) is 6.54 Å². The van der Waals surface area contributed by atoms with Gasteiger partial charge >= 0.3 is 0 Å². The molecule has 0 bridgehead atoms. The van der Waals surface area contributed by atoms with Crippen molar-refractivity contribution in [2.45, 2.75) is 37.9 Å². The van der Waals surface area contributed by atoms with Crippen molar-refractivity contribution in [1.82, 2.24) is 26.3 Å². The maximum absolute atomic E-state index is 14.7. The fourth-order valence-electron chi connectivity index (χ4n) is 5.20. The molecule has 45 heavy (non-hydrogen) atoms. The van der Waals surface area contributed by atoms with E-state index in [1.54, 1.807) is 48.5 Å². The van der Waals surface area contributed by atoms with Crippen LogP contribution in [0.15, 0.2) is 91.0 Å². The van der Waals surface area contributed by atoms with Gasteiger partial charge in [0, 0.05) is 30.8 Å². The number of fused-ring (bicyclic) bond motifs is 1. The second kappa shape index (κ2) is 14.3. The molecule has 5 rings (SSSR count). The van der Waals surface area contributed by atoms with Gasteiger partial charge in [-0.05, 0) is 42.2 Å². The van der Waals surface area contributed by atoms with Gasteiger partial charge < -0.3 is 21.3 Å².